The van der Waals surface area contributed by atoms with E-state index in [0.29, 0.717) is 17.3 Å². The normalized spacial score (nSPS) is 14.9. The van der Waals surface area contributed by atoms with E-state index in [2.05, 4.69) is 50.4 Å². The molecule has 29 heavy (non-hydrogen) atoms. The van der Waals surface area contributed by atoms with Gasteiger partial charge in [0.25, 0.3) is 5.91 Å². The van der Waals surface area contributed by atoms with E-state index in [9.17, 15) is 4.79 Å². The Kier molecular flexibility index (Phi) is 6.27. The highest BCUT2D eigenvalue weighted by atomic mass is 35.5. The van der Waals surface area contributed by atoms with Gasteiger partial charge < -0.3 is 10.2 Å². The van der Waals surface area contributed by atoms with Crippen LogP contribution in [0.4, 0.5) is 5.69 Å². The van der Waals surface area contributed by atoms with E-state index in [-0.39, 0.29) is 5.91 Å². The molecule has 0 unspecified atom stereocenters. The number of piperazine rings is 1. The number of aromatic nitrogens is 1. The standard InChI is InChI=1S/C23H25ClN4O/c24-22-10-8-18-17-19(7-9-21(18)26-22)23(29)25-11-4-12-27-13-15-28(16-14-27)20-5-2-1-3-6-20/h1-3,5-10,17H,4,11-16H2,(H,25,29). The molecule has 0 bridgehead atoms. The number of hydrogen-bond acceptors (Lipinski definition) is 4. The van der Waals surface area contributed by atoms with Crippen LogP contribution in [0.25, 0.3) is 10.9 Å². The molecule has 5 nitrogen and oxygen atoms in total. The second-order valence-electron chi connectivity index (χ2n) is 7.32. The Labute approximate surface area is 176 Å². The molecule has 1 amide bonds. The second kappa shape index (κ2) is 9.25. The molecule has 1 fully saturated rings. The molecule has 2 heterocycles. The summed E-state index contributed by atoms with van der Waals surface area (Å²) in [6, 6.07) is 19.7. The fourth-order valence-corrected chi connectivity index (χ4v) is 3.87. The third-order valence-electron chi connectivity index (χ3n) is 5.35. The first-order valence-electron chi connectivity index (χ1n) is 10.1. The van der Waals surface area contributed by atoms with Crippen LogP contribution in [0.15, 0.2) is 60.7 Å². The molecule has 1 N–H and O–H groups in total. The summed E-state index contributed by atoms with van der Waals surface area (Å²) >= 11 is 5.91. The Morgan fingerprint density at radius 2 is 1.79 bits per heavy atom. The van der Waals surface area contributed by atoms with Gasteiger partial charge in [0.05, 0.1) is 5.52 Å². The maximum atomic E-state index is 12.4. The number of carbonyl (C=O) groups excluding carboxylic acids is 1. The molecule has 2 aromatic carbocycles. The van der Waals surface area contributed by atoms with Crippen molar-refractivity contribution in [1.29, 1.82) is 0 Å². The fourth-order valence-electron chi connectivity index (χ4n) is 3.72. The first kappa shape index (κ1) is 19.7. The molecule has 1 aliphatic rings. The van der Waals surface area contributed by atoms with Gasteiger partial charge in [0, 0.05) is 49.4 Å². The van der Waals surface area contributed by atoms with E-state index >= 15 is 0 Å². The molecular formula is C23H25ClN4O. The van der Waals surface area contributed by atoms with Gasteiger partial charge in [-0.25, -0.2) is 4.98 Å². The lowest BCUT2D eigenvalue weighted by Crippen LogP contribution is -2.47. The number of hydrogen-bond donors (Lipinski definition) is 1. The van der Waals surface area contributed by atoms with Crippen molar-refractivity contribution >= 4 is 34.1 Å². The van der Waals surface area contributed by atoms with Crippen LogP contribution in [0.3, 0.4) is 0 Å². The van der Waals surface area contributed by atoms with Crippen molar-refractivity contribution in [2.24, 2.45) is 0 Å². The van der Waals surface area contributed by atoms with Gasteiger partial charge in [0.2, 0.25) is 0 Å². The summed E-state index contributed by atoms with van der Waals surface area (Å²) in [4.78, 5) is 21.6. The van der Waals surface area contributed by atoms with Gasteiger partial charge in [-0.3, -0.25) is 9.69 Å². The summed E-state index contributed by atoms with van der Waals surface area (Å²) in [7, 11) is 0. The van der Waals surface area contributed by atoms with Gasteiger partial charge in [-0.05, 0) is 55.4 Å². The predicted octanol–water partition coefficient (Wildman–Crippen LogP) is 3.83. The Bertz CT molecular complexity index is 971. The van der Waals surface area contributed by atoms with Crippen molar-refractivity contribution in [3.8, 4) is 0 Å². The van der Waals surface area contributed by atoms with Gasteiger partial charge in [0.1, 0.15) is 5.15 Å². The molecule has 150 valence electrons. The first-order valence-corrected chi connectivity index (χ1v) is 10.4. The zero-order valence-corrected chi connectivity index (χ0v) is 17.1. The summed E-state index contributed by atoms with van der Waals surface area (Å²) in [5.41, 5.74) is 2.74. The predicted molar refractivity (Wildman–Crippen MR) is 119 cm³/mol. The zero-order chi connectivity index (χ0) is 20.1. The molecule has 0 saturated carbocycles. The van der Waals surface area contributed by atoms with Gasteiger partial charge in [-0.1, -0.05) is 29.8 Å². The lowest BCUT2D eigenvalue weighted by molar-refractivity contribution is 0.0951. The number of pyridine rings is 1. The van der Waals surface area contributed by atoms with Crippen LogP contribution < -0.4 is 10.2 Å². The number of fused-ring (bicyclic) bond motifs is 1. The molecule has 3 aromatic rings. The molecule has 1 saturated heterocycles. The number of benzene rings is 2. The van der Waals surface area contributed by atoms with Crippen molar-refractivity contribution in [2.75, 3.05) is 44.2 Å². The molecule has 0 radical (unpaired) electrons. The highest BCUT2D eigenvalue weighted by Crippen LogP contribution is 2.17. The van der Waals surface area contributed by atoms with Crippen LogP contribution in [0, 0.1) is 0 Å². The minimum atomic E-state index is -0.0456. The van der Waals surface area contributed by atoms with Gasteiger partial charge in [0.15, 0.2) is 0 Å². The summed E-state index contributed by atoms with van der Waals surface area (Å²) in [6.45, 7) is 5.89. The minimum absolute atomic E-state index is 0.0456. The fraction of sp³-hybridized carbons (Fsp3) is 0.304. The molecule has 4 rings (SSSR count). The van der Waals surface area contributed by atoms with E-state index in [1.807, 2.05) is 18.2 Å². The summed E-state index contributed by atoms with van der Waals surface area (Å²) < 4.78 is 0. The van der Waals surface area contributed by atoms with Crippen molar-refractivity contribution < 1.29 is 4.79 Å². The zero-order valence-electron chi connectivity index (χ0n) is 16.4. The number of rotatable bonds is 6. The van der Waals surface area contributed by atoms with E-state index in [4.69, 9.17) is 11.6 Å². The molecular weight excluding hydrogens is 384 g/mol. The summed E-state index contributed by atoms with van der Waals surface area (Å²) in [5, 5.41) is 4.40. The molecule has 0 spiro atoms. The van der Waals surface area contributed by atoms with E-state index < -0.39 is 0 Å². The monoisotopic (exact) mass is 408 g/mol. The number of halogens is 1. The largest absolute Gasteiger partial charge is 0.369 e. The number of nitrogens with zero attached hydrogens (tertiary/aromatic N) is 3. The molecule has 0 aliphatic carbocycles. The van der Waals surface area contributed by atoms with Crippen molar-refractivity contribution in [2.45, 2.75) is 6.42 Å². The average Bonchev–Trinajstić information content (AvgIpc) is 2.77. The van der Waals surface area contributed by atoms with Crippen LogP contribution in [-0.4, -0.2) is 55.1 Å². The van der Waals surface area contributed by atoms with Gasteiger partial charge in [-0.15, -0.1) is 0 Å². The summed E-state index contributed by atoms with van der Waals surface area (Å²) in [5.74, 6) is -0.0456. The van der Waals surface area contributed by atoms with Crippen LogP contribution in [-0.2, 0) is 0 Å². The molecule has 1 aromatic heterocycles. The maximum Gasteiger partial charge on any atom is 0.251 e. The molecule has 6 heteroatoms. The van der Waals surface area contributed by atoms with E-state index in [1.165, 1.54) is 5.69 Å². The third-order valence-corrected chi connectivity index (χ3v) is 5.56. The highest BCUT2D eigenvalue weighted by Gasteiger charge is 2.16. The van der Waals surface area contributed by atoms with Crippen LogP contribution >= 0.6 is 11.6 Å². The second-order valence-corrected chi connectivity index (χ2v) is 7.70. The Hall–Kier alpha value is -2.63. The summed E-state index contributed by atoms with van der Waals surface area (Å²) in [6.07, 6.45) is 0.946. The van der Waals surface area contributed by atoms with Crippen LogP contribution in [0.1, 0.15) is 16.8 Å². The number of carbonyl (C=O) groups is 1. The van der Waals surface area contributed by atoms with E-state index in [0.717, 1.165) is 50.0 Å². The number of amides is 1. The highest BCUT2D eigenvalue weighted by molar-refractivity contribution is 6.29. The Morgan fingerprint density at radius 1 is 1.00 bits per heavy atom. The van der Waals surface area contributed by atoms with Crippen LogP contribution in [0.5, 0.6) is 0 Å². The SMILES string of the molecule is O=C(NCCCN1CCN(c2ccccc2)CC1)c1ccc2nc(Cl)ccc2c1. The number of anilines is 1. The number of nitrogens with one attached hydrogen (secondary N) is 1. The lowest BCUT2D eigenvalue weighted by atomic mass is 10.1. The molecule has 1 aliphatic heterocycles. The van der Waals surface area contributed by atoms with Gasteiger partial charge >= 0.3 is 0 Å². The third kappa shape index (κ3) is 5.05. The van der Waals surface area contributed by atoms with Gasteiger partial charge in [-0.2, -0.15) is 0 Å². The van der Waals surface area contributed by atoms with Crippen molar-refractivity contribution in [1.82, 2.24) is 15.2 Å². The minimum Gasteiger partial charge on any atom is -0.369 e. The van der Waals surface area contributed by atoms with Crippen molar-refractivity contribution in [3.63, 3.8) is 0 Å². The lowest BCUT2D eigenvalue weighted by Gasteiger charge is -2.36. The van der Waals surface area contributed by atoms with Crippen LogP contribution in [0.2, 0.25) is 5.15 Å². The number of para-hydroxylation sites is 1. The average molecular weight is 409 g/mol. The van der Waals surface area contributed by atoms with Crippen molar-refractivity contribution in [3.05, 3.63) is 71.4 Å². The Balaban J connectivity index is 1.20. The topological polar surface area (TPSA) is 48.5 Å². The van der Waals surface area contributed by atoms with E-state index in [1.54, 1.807) is 12.1 Å². The molecule has 0 atom stereocenters. The quantitative estimate of drug-likeness (QED) is 0.497. The Morgan fingerprint density at radius 3 is 2.59 bits per heavy atom. The maximum absolute atomic E-state index is 12.4. The smallest absolute Gasteiger partial charge is 0.251 e. The first-order chi connectivity index (χ1) is 14.2.